The molecule has 7 nitrogen and oxygen atoms in total. The van der Waals surface area contributed by atoms with E-state index >= 15 is 0 Å². The third-order valence-corrected chi connectivity index (χ3v) is 5.22. The van der Waals surface area contributed by atoms with Crippen molar-refractivity contribution in [3.8, 4) is 11.5 Å². The summed E-state index contributed by atoms with van der Waals surface area (Å²) in [6.07, 6.45) is 0.121. The van der Waals surface area contributed by atoms with E-state index in [2.05, 4.69) is 21.0 Å². The third kappa shape index (κ3) is 4.76. The second kappa shape index (κ2) is 9.09. The van der Waals surface area contributed by atoms with Crippen molar-refractivity contribution in [2.24, 2.45) is 5.10 Å². The second-order valence-electron chi connectivity index (χ2n) is 6.51. The number of carboxylic acid groups (broad SMARTS) is 1. The number of carbonyl (C=O) groups is 2. The number of benzene rings is 2. The molecular formula is C21H21BrN2O5. The smallest absolute Gasteiger partial charge is 0.303 e. The Balaban J connectivity index is 1.97. The molecule has 1 heterocycles. The highest BCUT2D eigenvalue weighted by molar-refractivity contribution is 9.10. The van der Waals surface area contributed by atoms with Crippen molar-refractivity contribution in [3.63, 3.8) is 0 Å². The van der Waals surface area contributed by atoms with E-state index in [1.165, 1.54) is 5.01 Å². The molecule has 1 N–H and O–H groups in total. The number of hydrogen-bond acceptors (Lipinski definition) is 5. The molecule has 0 fully saturated rings. The van der Waals surface area contributed by atoms with Crippen LogP contribution < -0.4 is 9.47 Å². The van der Waals surface area contributed by atoms with Crippen molar-refractivity contribution in [3.05, 3.63) is 58.1 Å². The van der Waals surface area contributed by atoms with Gasteiger partial charge in [0.25, 0.3) is 0 Å². The number of carboxylic acids is 1. The summed E-state index contributed by atoms with van der Waals surface area (Å²) in [7, 11) is 3.13. The number of aliphatic carboxylic acids is 1. The van der Waals surface area contributed by atoms with Gasteiger partial charge in [-0.05, 0) is 29.8 Å². The maximum absolute atomic E-state index is 12.8. The van der Waals surface area contributed by atoms with Gasteiger partial charge in [-0.25, -0.2) is 5.01 Å². The highest BCUT2D eigenvalue weighted by Gasteiger charge is 2.34. The first-order valence-corrected chi connectivity index (χ1v) is 9.81. The Morgan fingerprint density at radius 1 is 1.14 bits per heavy atom. The van der Waals surface area contributed by atoms with Crippen LogP contribution in [0.1, 0.15) is 36.4 Å². The van der Waals surface area contributed by atoms with Gasteiger partial charge in [-0.2, -0.15) is 5.10 Å². The molecule has 1 amide bonds. The van der Waals surface area contributed by atoms with Crippen LogP contribution in [0, 0.1) is 0 Å². The predicted octanol–water partition coefficient (Wildman–Crippen LogP) is 4.01. The van der Waals surface area contributed by atoms with Gasteiger partial charge in [-0.3, -0.25) is 9.59 Å². The van der Waals surface area contributed by atoms with E-state index < -0.39 is 12.0 Å². The third-order valence-electron chi connectivity index (χ3n) is 4.70. The first kappa shape index (κ1) is 20.9. The number of ether oxygens (including phenoxy) is 2. The molecular weight excluding hydrogens is 440 g/mol. The highest BCUT2D eigenvalue weighted by Crippen LogP contribution is 2.39. The summed E-state index contributed by atoms with van der Waals surface area (Å²) >= 11 is 3.42. The molecule has 0 unspecified atom stereocenters. The Labute approximate surface area is 177 Å². The number of amides is 1. The Morgan fingerprint density at radius 3 is 2.48 bits per heavy atom. The molecule has 0 aromatic heterocycles. The molecule has 8 heteroatoms. The van der Waals surface area contributed by atoms with Gasteiger partial charge >= 0.3 is 5.97 Å². The van der Waals surface area contributed by atoms with Crippen LogP contribution in [0.5, 0.6) is 11.5 Å². The fourth-order valence-corrected chi connectivity index (χ4v) is 3.49. The van der Waals surface area contributed by atoms with Crippen LogP contribution in [0.4, 0.5) is 0 Å². The minimum absolute atomic E-state index is 0.124. The lowest BCUT2D eigenvalue weighted by Gasteiger charge is -2.23. The van der Waals surface area contributed by atoms with Crippen LogP contribution in [0.15, 0.2) is 52.0 Å². The van der Waals surface area contributed by atoms with Gasteiger partial charge in [0, 0.05) is 28.9 Å². The Bertz CT molecular complexity index is 943. The van der Waals surface area contributed by atoms with Gasteiger partial charge in [0.2, 0.25) is 5.91 Å². The van der Waals surface area contributed by atoms with Gasteiger partial charge in [-0.15, -0.1) is 0 Å². The molecule has 0 aliphatic carbocycles. The largest absolute Gasteiger partial charge is 0.497 e. The monoisotopic (exact) mass is 460 g/mol. The van der Waals surface area contributed by atoms with E-state index in [4.69, 9.17) is 14.6 Å². The molecule has 0 spiro atoms. The van der Waals surface area contributed by atoms with Gasteiger partial charge < -0.3 is 14.6 Å². The highest BCUT2D eigenvalue weighted by atomic mass is 79.9. The lowest BCUT2D eigenvalue weighted by atomic mass is 9.97. The normalized spacial score (nSPS) is 15.8. The molecule has 29 heavy (non-hydrogen) atoms. The Hall–Kier alpha value is -2.87. The van der Waals surface area contributed by atoms with E-state index in [1.807, 2.05) is 30.3 Å². The first-order chi connectivity index (χ1) is 13.9. The minimum Gasteiger partial charge on any atom is -0.497 e. The van der Waals surface area contributed by atoms with Crippen LogP contribution in [-0.2, 0) is 9.59 Å². The molecule has 2 aromatic rings. The summed E-state index contributed by atoms with van der Waals surface area (Å²) in [4.78, 5) is 23.7. The molecule has 0 saturated carbocycles. The van der Waals surface area contributed by atoms with Crippen LogP contribution in [0.2, 0.25) is 0 Å². The molecule has 152 valence electrons. The van der Waals surface area contributed by atoms with Crippen molar-refractivity contribution >= 4 is 33.5 Å². The van der Waals surface area contributed by atoms with Gasteiger partial charge in [0.1, 0.15) is 11.5 Å². The SMILES string of the molecule is COc1ccc([C@@H]2CC(c3ccc(Br)cc3)=NN2C(=O)CCC(=O)O)c(OC)c1. The van der Waals surface area contributed by atoms with Crippen LogP contribution >= 0.6 is 15.9 Å². The average Bonchev–Trinajstić information content (AvgIpc) is 3.17. The molecule has 0 bridgehead atoms. The predicted molar refractivity (Wildman–Crippen MR) is 111 cm³/mol. The van der Waals surface area contributed by atoms with Gasteiger partial charge in [-0.1, -0.05) is 28.1 Å². The standard InChI is InChI=1S/C21H21BrN2O5/c1-28-15-7-8-16(19(11-15)29-2)18-12-17(13-3-5-14(22)6-4-13)23-24(18)20(25)9-10-21(26)27/h3-8,11,18H,9-10,12H2,1-2H3,(H,26,27)/t18-/m0/s1. The van der Waals surface area contributed by atoms with Crippen molar-refractivity contribution in [2.75, 3.05) is 14.2 Å². The number of carbonyl (C=O) groups excluding carboxylic acids is 1. The fraction of sp³-hybridized carbons (Fsp3) is 0.286. The van der Waals surface area contributed by atoms with Crippen LogP contribution in [0.3, 0.4) is 0 Å². The maximum atomic E-state index is 12.8. The van der Waals surface area contributed by atoms with E-state index in [0.29, 0.717) is 17.9 Å². The van der Waals surface area contributed by atoms with Gasteiger partial charge in [0.05, 0.1) is 32.4 Å². The number of methoxy groups -OCH3 is 2. The van der Waals surface area contributed by atoms with Crippen LogP contribution in [-0.4, -0.2) is 41.9 Å². The van der Waals surface area contributed by atoms with Crippen molar-refractivity contribution in [1.82, 2.24) is 5.01 Å². The fourth-order valence-electron chi connectivity index (χ4n) is 3.22. The summed E-state index contributed by atoms with van der Waals surface area (Å²) in [6.45, 7) is 0. The van der Waals surface area contributed by atoms with E-state index in [1.54, 1.807) is 26.4 Å². The zero-order valence-electron chi connectivity index (χ0n) is 16.1. The first-order valence-electron chi connectivity index (χ1n) is 9.02. The Kier molecular flexibility index (Phi) is 6.53. The van der Waals surface area contributed by atoms with Crippen molar-refractivity contribution in [2.45, 2.75) is 25.3 Å². The minimum atomic E-state index is -1.02. The molecule has 0 radical (unpaired) electrons. The molecule has 1 aliphatic rings. The van der Waals surface area contributed by atoms with Crippen molar-refractivity contribution in [1.29, 1.82) is 0 Å². The molecule has 3 rings (SSSR count). The summed E-state index contributed by atoms with van der Waals surface area (Å²) < 4.78 is 11.7. The summed E-state index contributed by atoms with van der Waals surface area (Å²) in [5, 5.41) is 14.9. The number of hydrazone groups is 1. The lowest BCUT2D eigenvalue weighted by molar-refractivity contribution is -0.141. The topological polar surface area (TPSA) is 88.4 Å². The number of halogens is 1. The molecule has 0 saturated heterocycles. The van der Waals surface area contributed by atoms with Crippen LogP contribution in [0.25, 0.3) is 0 Å². The number of hydrogen-bond donors (Lipinski definition) is 1. The number of nitrogens with zero attached hydrogens (tertiary/aromatic N) is 2. The lowest BCUT2D eigenvalue weighted by Crippen LogP contribution is -2.27. The summed E-state index contributed by atoms with van der Waals surface area (Å²) in [5.41, 5.74) is 2.44. The van der Waals surface area contributed by atoms with E-state index in [9.17, 15) is 9.59 Å². The molecule has 2 aromatic carbocycles. The Morgan fingerprint density at radius 2 is 1.86 bits per heavy atom. The van der Waals surface area contributed by atoms with E-state index in [0.717, 1.165) is 21.3 Å². The van der Waals surface area contributed by atoms with Crippen molar-refractivity contribution < 1.29 is 24.2 Å². The average molecular weight is 461 g/mol. The zero-order valence-corrected chi connectivity index (χ0v) is 17.7. The second-order valence-corrected chi connectivity index (χ2v) is 7.43. The summed E-state index contributed by atoms with van der Waals surface area (Å²) in [6, 6.07) is 12.7. The molecule has 1 atom stereocenters. The maximum Gasteiger partial charge on any atom is 0.303 e. The molecule has 1 aliphatic heterocycles. The number of rotatable bonds is 7. The zero-order chi connectivity index (χ0) is 21.0. The quantitative estimate of drug-likeness (QED) is 0.673. The van der Waals surface area contributed by atoms with Gasteiger partial charge in [0.15, 0.2) is 0 Å². The summed E-state index contributed by atoms with van der Waals surface area (Å²) in [5.74, 6) is -0.144. The van der Waals surface area contributed by atoms with E-state index in [-0.39, 0.29) is 18.7 Å².